The maximum absolute atomic E-state index is 11.4. The number of fused-ring (bicyclic) bond motifs is 1. The number of nitrogens with zero attached hydrogens (tertiary/aromatic N) is 3. The van der Waals surface area contributed by atoms with Crippen molar-refractivity contribution < 1.29 is 4.74 Å². The molecule has 6 heteroatoms. The highest BCUT2D eigenvalue weighted by molar-refractivity contribution is 5.49. The van der Waals surface area contributed by atoms with Gasteiger partial charge in [0.05, 0.1) is 0 Å². The van der Waals surface area contributed by atoms with E-state index in [9.17, 15) is 4.79 Å². The van der Waals surface area contributed by atoms with Gasteiger partial charge in [-0.1, -0.05) is 17.7 Å². The van der Waals surface area contributed by atoms with E-state index in [1.165, 1.54) is 16.8 Å². The summed E-state index contributed by atoms with van der Waals surface area (Å²) in [7, 11) is 0. The summed E-state index contributed by atoms with van der Waals surface area (Å²) >= 11 is 0. The average molecular weight is 242 g/mol. The molecule has 1 N–H and O–H groups in total. The summed E-state index contributed by atoms with van der Waals surface area (Å²) in [6.45, 7) is 2.00. The summed E-state index contributed by atoms with van der Waals surface area (Å²) in [6.07, 6.45) is 3.02. The molecule has 0 aliphatic rings. The minimum atomic E-state index is -0.318. The Hall–Kier alpha value is -2.63. The molecule has 0 radical (unpaired) electrons. The fraction of sp³-hybridized carbons (Fsp3) is 0.0833. The highest BCUT2D eigenvalue weighted by Crippen LogP contribution is 2.21. The van der Waals surface area contributed by atoms with Crippen LogP contribution < -0.4 is 10.4 Å². The van der Waals surface area contributed by atoms with Gasteiger partial charge in [-0.25, -0.2) is 19.3 Å². The van der Waals surface area contributed by atoms with Gasteiger partial charge in [-0.3, -0.25) is 0 Å². The number of ether oxygens (including phenoxy) is 1. The van der Waals surface area contributed by atoms with Gasteiger partial charge in [0.15, 0.2) is 0 Å². The Morgan fingerprint density at radius 1 is 1.28 bits per heavy atom. The van der Waals surface area contributed by atoms with Crippen molar-refractivity contribution in [3.63, 3.8) is 0 Å². The zero-order chi connectivity index (χ0) is 12.5. The molecule has 6 nitrogen and oxygen atoms in total. The van der Waals surface area contributed by atoms with Gasteiger partial charge in [-0.15, -0.1) is 5.10 Å². The lowest BCUT2D eigenvalue weighted by Gasteiger charge is -2.04. The molecule has 0 aliphatic carbocycles. The average Bonchev–Trinajstić information content (AvgIpc) is 2.76. The molecule has 1 aromatic carbocycles. The molecule has 0 spiro atoms. The van der Waals surface area contributed by atoms with Crippen LogP contribution in [0.15, 0.2) is 41.5 Å². The van der Waals surface area contributed by atoms with E-state index in [4.69, 9.17) is 4.74 Å². The Labute approximate surface area is 102 Å². The van der Waals surface area contributed by atoms with Crippen LogP contribution in [0.1, 0.15) is 5.56 Å². The third-order valence-corrected chi connectivity index (χ3v) is 2.54. The smallest absolute Gasteiger partial charge is 0.347 e. The molecule has 2 heterocycles. The fourth-order valence-electron chi connectivity index (χ4n) is 1.61. The second-order valence-corrected chi connectivity index (χ2v) is 3.87. The predicted molar refractivity (Wildman–Crippen MR) is 64.9 cm³/mol. The minimum absolute atomic E-state index is 0.291. The van der Waals surface area contributed by atoms with Crippen LogP contribution in [-0.2, 0) is 0 Å². The Morgan fingerprint density at radius 3 is 2.83 bits per heavy atom. The van der Waals surface area contributed by atoms with E-state index in [1.807, 2.05) is 31.2 Å². The van der Waals surface area contributed by atoms with Crippen LogP contribution in [0.5, 0.6) is 11.6 Å². The second-order valence-electron chi connectivity index (χ2n) is 3.87. The summed E-state index contributed by atoms with van der Waals surface area (Å²) in [6, 6.07) is 7.55. The number of hydrogen-bond donors (Lipinski definition) is 1. The molecule has 0 atom stereocenters. The van der Waals surface area contributed by atoms with Crippen LogP contribution in [0.2, 0.25) is 0 Å². The summed E-state index contributed by atoms with van der Waals surface area (Å²) < 4.78 is 6.95. The first-order valence-electron chi connectivity index (χ1n) is 5.40. The molecule has 3 aromatic rings. The van der Waals surface area contributed by atoms with Crippen molar-refractivity contribution in [1.29, 1.82) is 0 Å². The van der Waals surface area contributed by atoms with E-state index in [0.29, 0.717) is 17.3 Å². The van der Waals surface area contributed by atoms with Crippen LogP contribution in [0, 0.1) is 6.92 Å². The topological polar surface area (TPSA) is 72.3 Å². The maximum Gasteiger partial charge on any atom is 0.347 e. The quantitative estimate of drug-likeness (QED) is 0.739. The number of aromatic amines is 1. The zero-order valence-electron chi connectivity index (χ0n) is 9.62. The number of rotatable bonds is 2. The maximum atomic E-state index is 11.4. The number of aryl methyl sites for hydroxylation is 1. The second kappa shape index (κ2) is 3.99. The number of H-pyrrole nitrogens is 1. The number of benzene rings is 1. The van der Waals surface area contributed by atoms with E-state index in [0.717, 1.165) is 5.56 Å². The van der Waals surface area contributed by atoms with Gasteiger partial charge in [-0.05, 0) is 19.1 Å². The van der Waals surface area contributed by atoms with Crippen molar-refractivity contribution in [3.8, 4) is 11.6 Å². The first-order valence-corrected chi connectivity index (χ1v) is 5.40. The molecule has 0 fully saturated rings. The molecule has 0 aliphatic heterocycles. The third-order valence-electron chi connectivity index (χ3n) is 2.54. The number of aromatic nitrogens is 4. The predicted octanol–water partition coefficient (Wildman–Crippen LogP) is 1.52. The number of hydrogen-bond acceptors (Lipinski definition) is 4. The van der Waals surface area contributed by atoms with Gasteiger partial charge < -0.3 is 4.74 Å². The highest BCUT2D eigenvalue weighted by Gasteiger charge is 2.08. The molecule has 18 heavy (non-hydrogen) atoms. The molecule has 0 bridgehead atoms. The molecule has 3 rings (SSSR count). The van der Waals surface area contributed by atoms with Crippen LogP contribution in [0.4, 0.5) is 0 Å². The molecule has 90 valence electrons. The van der Waals surface area contributed by atoms with Crippen molar-refractivity contribution in [1.82, 2.24) is 19.6 Å². The molecule has 0 saturated heterocycles. The van der Waals surface area contributed by atoms with Gasteiger partial charge in [0, 0.05) is 12.4 Å². The van der Waals surface area contributed by atoms with Crippen LogP contribution >= 0.6 is 0 Å². The van der Waals surface area contributed by atoms with Crippen molar-refractivity contribution in [2.24, 2.45) is 0 Å². The van der Waals surface area contributed by atoms with Crippen LogP contribution in [-0.4, -0.2) is 19.6 Å². The standard InChI is InChI=1S/C12H10N4O2/c1-8-2-4-9(5-3-8)18-11-10-14-15-12(17)16(10)7-6-13-11/h2-7H,1H3,(H,15,17). The first-order chi connectivity index (χ1) is 8.74. The Kier molecular flexibility index (Phi) is 2.33. The van der Waals surface area contributed by atoms with Crippen LogP contribution in [0.25, 0.3) is 5.65 Å². The normalized spacial score (nSPS) is 10.7. The minimum Gasteiger partial charge on any atom is -0.436 e. The Bertz CT molecular complexity index is 743. The monoisotopic (exact) mass is 242 g/mol. The van der Waals surface area contributed by atoms with Gasteiger partial charge in [0.1, 0.15) is 5.75 Å². The summed E-state index contributed by atoms with van der Waals surface area (Å²) in [5, 5.41) is 6.22. The van der Waals surface area contributed by atoms with Crippen molar-refractivity contribution in [2.45, 2.75) is 6.92 Å². The van der Waals surface area contributed by atoms with Gasteiger partial charge >= 0.3 is 5.69 Å². The fourth-order valence-corrected chi connectivity index (χ4v) is 1.61. The van der Waals surface area contributed by atoms with Crippen LogP contribution in [0.3, 0.4) is 0 Å². The molecule has 0 unspecified atom stereocenters. The van der Waals surface area contributed by atoms with E-state index in [2.05, 4.69) is 15.2 Å². The zero-order valence-corrected chi connectivity index (χ0v) is 9.62. The Balaban J connectivity index is 2.04. The summed E-state index contributed by atoms with van der Waals surface area (Å²) in [4.78, 5) is 15.5. The van der Waals surface area contributed by atoms with E-state index in [1.54, 1.807) is 0 Å². The van der Waals surface area contributed by atoms with E-state index >= 15 is 0 Å². The molecule has 0 saturated carbocycles. The van der Waals surface area contributed by atoms with E-state index in [-0.39, 0.29) is 5.69 Å². The number of nitrogens with one attached hydrogen (secondary N) is 1. The van der Waals surface area contributed by atoms with Crippen molar-refractivity contribution >= 4 is 5.65 Å². The third kappa shape index (κ3) is 1.73. The largest absolute Gasteiger partial charge is 0.436 e. The summed E-state index contributed by atoms with van der Waals surface area (Å²) in [5.41, 5.74) is 1.19. The van der Waals surface area contributed by atoms with Crippen molar-refractivity contribution in [2.75, 3.05) is 0 Å². The molecule has 2 aromatic heterocycles. The van der Waals surface area contributed by atoms with Gasteiger partial charge in [0.2, 0.25) is 5.65 Å². The van der Waals surface area contributed by atoms with Gasteiger partial charge in [0.25, 0.3) is 5.88 Å². The SMILES string of the molecule is Cc1ccc(Oc2nccn3c(=O)[nH]nc23)cc1. The van der Waals surface area contributed by atoms with E-state index < -0.39 is 0 Å². The molecular formula is C12H10N4O2. The molecular weight excluding hydrogens is 232 g/mol. The highest BCUT2D eigenvalue weighted by atomic mass is 16.5. The first kappa shape index (κ1) is 10.5. The molecule has 0 amide bonds. The lowest BCUT2D eigenvalue weighted by Crippen LogP contribution is -2.09. The lowest BCUT2D eigenvalue weighted by atomic mass is 10.2. The lowest BCUT2D eigenvalue weighted by molar-refractivity contribution is 0.464. The Morgan fingerprint density at radius 2 is 2.06 bits per heavy atom. The van der Waals surface area contributed by atoms with Gasteiger partial charge in [-0.2, -0.15) is 0 Å². The summed E-state index contributed by atoms with van der Waals surface area (Å²) in [5.74, 6) is 0.941. The van der Waals surface area contributed by atoms with Crippen molar-refractivity contribution in [3.05, 3.63) is 52.7 Å².